The molecule has 2 saturated carbocycles. The molecule has 2 fully saturated rings. The van der Waals surface area contributed by atoms with E-state index < -0.39 is 11.7 Å². The molecule has 1 heterocycles. The first kappa shape index (κ1) is 18.0. The normalized spacial score (nSPS) is 33.8. The first-order valence-electron chi connectivity index (χ1n) is 9.93. The summed E-state index contributed by atoms with van der Waals surface area (Å²) in [6.07, 6.45) is 4.84. The zero-order chi connectivity index (χ0) is 18.5. The smallest absolute Gasteiger partial charge is 0.299 e. The Balaban J connectivity index is 1.58. The minimum Gasteiger partial charge on any atom is -0.299 e. The number of ketones is 1. The van der Waals surface area contributed by atoms with Crippen molar-refractivity contribution < 1.29 is 18.0 Å². The minimum atomic E-state index is -4.38. The second-order valence-corrected chi connectivity index (χ2v) is 8.59. The van der Waals surface area contributed by atoms with Crippen molar-refractivity contribution in [2.45, 2.75) is 70.9 Å². The summed E-state index contributed by atoms with van der Waals surface area (Å²) in [5.41, 5.74) is 0.478. The van der Waals surface area contributed by atoms with Crippen molar-refractivity contribution in [1.29, 1.82) is 0 Å². The van der Waals surface area contributed by atoms with Crippen LogP contribution in [-0.4, -0.2) is 10.8 Å². The Kier molecular flexibility index (Phi) is 4.39. The zero-order valence-electron chi connectivity index (χ0n) is 15.2. The maximum atomic E-state index is 13.5. The molecule has 2 nitrogen and oxygen atoms in total. The number of pyridine rings is 1. The lowest BCUT2D eigenvalue weighted by molar-refractivity contribution is -0.137. The van der Waals surface area contributed by atoms with Crippen LogP contribution in [0.1, 0.15) is 68.7 Å². The van der Waals surface area contributed by atoms with E-state index in [9.17, 15) is 18.0 Å². The van der Waals surface area contributed by atoms with Crippen LogP contribution in [0.3, 0.4) is 0 Å². The molecule has 1 aromatic rings. The van der Waals surface area contributed by atoms with Gasteiger partial charge in [0, 0.05) is 23.2 Å². The lowest BCUT2D eigenvalue weighted by Gasteiger charge is -2.34. The van der Waals surface area contributed by atoms with Gasteiger partial charge in [-0.1, -0.05) is 19.8 Å². The van der Waals surface area contributed by atoms with E-state index >= 15 is 0 Å². The maximum absolute atomic E-state index is 13.5. The molecule has 1 aromatic heterocycles. The van der Waals surface area contributed by atoms with Gasteiger partial charge in [0.2, 0.25) is 0 Å². The van der Waals surface area contributed by atoms with E-state index in [0.717, 1.165) is 56.8 Å². The quantitative estimate of drug-likeness (QED) is 0.720. The van der Waals surface area contributed by atoms with E-state index in [1.54, 1.807) is 0 Å². The molecule has 26 heavy (non-hydrogen) atoms. The van der Waals surface area contributed by atoms with Crippen molar-refractivity contribution >= 4 is 5.78 Å². The van der Waals surface area contributed by atoms with Gasteiger partial charge in [0.1, 0.15) is 5.78 Å². The van der Waals surface area contributed by atoms with Gasteiger partial charge in [0.05, 0.1) is 5.56 Å². The Morgan fingerprint density at radius 1 is 1.35 bits per heavy atom. The van der Waals surface area contributed by atoms with Gasteiger partial charge in [-0.2, -0.15) is 13.2 Å². The molecule has 4 rings (SSSR count). The fourth-order valence-corrected chi connectivity index (χ4v) is 5.90. The first-order valence-corrected chi connectivity index (χ1v) is 9.93. The van der Waals surface area contributed by atoms with Gasteiger partial charge in [0.15, 0.2) is 0 Å². The predicted molar refractivity (Wildman–Crippen MR) is 92.6 cm³/mol. The molecule has 3 aliphatic carbocycles. The average Bonchev–Trinajstić information content (AvgIpc) is 3.17. The topological polar surface area (TPSA) is 30.0 Å². The van der Waals surface area contributed by atoms with Crippen molar-refractivity contribution in [3.05, 3.63) is 29.1 Å². The highest BCUT2D eigenvalue weighted by Gasteiger charge is 2.55. The van der Waals surface area contributed by atoms with Crippen LogP contribution in [0, 0.1) is 23.2 Å². The highest BCUT2D eigenvalue weighted by Crippen LogP contribution is 2.59. The summed E-state index contributed by atoms with van der Waals surface area (Å²) in [5, 5.41) is 0. The number of Topliss-reactive ketones (excluding diaryl/α,β-unsaturated/α-hetero) is 1. The third-order valence-electron chi connectivity index (χ3n) is 7.25. The van der Waals surface area contributed by atoms with Crippen LogP contribution in [0.25, 0.3) is 0 Å². The lowest BCUT2D eigenvalue weighted by Crippen LogP contribution is -2.38. The summed E-state index contributed by atoms with van der Waals surface area (Å²) in [4.78, 5) is 17.6. The number of alkyl halides is 3. The van der Waals surface area contributed by atoms with Gasteiger partial charge >= 0.3 is 6.18 Å². The Bertz CT molecular complexity index is 714. The number of aryl methyl sites for hydroxylation is 1. The van der Waals surface area contributed by atoms with E-state index in [2.05, 4.69) is 11.9 Å². The van der Waals surface area contributed by atoms with Gasteiger partial charge < -0.3 is 0 Å². The second-order valence-electron chi connectivity index (χ2n) is 8.59. The number of nitrogens with zero attached hydrogens (tertiary/aromatic N) is 1. The number of halogens is 3. The van der Waals surface area contributed by atoms with Gasteiger partial charge in [-0.3, -0.25) is 9.78 Å². The molecule has 142 valence electrons. The molecule has 0 N–H and O–H groups in total. The summed E-state index contributed by atoms with van der Waals surface area (Å²) in [5.74, 6) is 1.35. The predicted octanol–water partition coefficient (Wildman–Crippen LogP) is 5.38. The Hall–Kier alpha value is -1.39. The lowest BCUT2D eigenvalue weighted by atomic mass is 9.68. The average molecular weight is 365 g/mol. The van der Waals surface area contributed by atoms with Crippen LogP contribution in [0.5, 0.6) is 0 Å². The van der Waals surface area contributed by atoms with Crippen molar-refractivity contribution in [1.82, 2.24) is 4.98 Å². The molecule has 3 aliphatic rings. The molecule has 0 bridgehead atoms. The summed E-state index contributed by atoms with van der Waals surface area (Å²) in [6, 6.07) is 1.22. The van der Waals surface area contributed by atoms with E-state index in [4.69, 9.17) is 0 Å². The molecule has 0 spiro atoms. The Labute approximate surface area is 152 Å². The summed E-state index contributed by atoms with van der Waals surface area (Å²) >= 11 is 0. The number of hydrogen-bond acceptors (Lipinski definition) is 2. The fraction of sp³-hybridized carbons (Fsp3) is 0.714. The molecule has 0 amide bonds. The Morgan fingerprint density at radius 2 is 2.15 bits per heavy atom. The minimum absolute atomic E-state index is 0.135. The van der Waals surface area contributed by atoms with Crippen LogP contribution in [0.15, 0.2) is 12.3 Å². The standard InChI is InChI=1S/C21H26F3NO/c1-2-13-8-16-4-3-7-20(16,11-13)19(26)14-5-6-18-15(9-14)10-17(12-25-18)21(22,23)24/h10,12-14,16H,2-9,11H2,1H3/t13-,14?,16-,20-/m1/s1. The van der Waals surface area contributed by atoms with Crippen molar-refractivity contribution in [3.63, 3.8) is 0 Å². The first-order chi connectivity index (χ1) is 12.3. The molecule has 5 heteroatoms. The Morgan fingerprint density at radius 3 is 2.88 bits per heavy atom. The van der Waals surface area contributed by atoms with E-state index in [1.807, 2.05) is 0 Å². The second kappa shape index (κ2) is 6.35. The van der Waals surface area contributed by atoms with Gasteiger partial charge in [0.25, 0.3) is 0 Å². The van der Waals surface area contributed by atoms with Crippen LogP contribution in [0.2, 0.25) is 0 Å². The molecule has 0 aliphatic heterocycles. The van der Waals surface area contributed by atoms with Crippen molar-refractivity contribution in [2.75, 3.05) is 0 Å². The van der Waals surface area contributed by atoms with E-state index in [-0.39, 0.29) is 11.3 Å². The molecule has 1 unspecified atom stereocenters. The molecular weight excluding hydrogens is 339 g/mol. The monoisotopic (exact) mass is 365 g/mol. The molecule has 0 radical (unpaired) electrons. The number of hydrogen-bond donors (Lipinski definition) is 0. The molecule has 0 aromatic carbocycles. The number of rotatable bonds is 3. The van der Waals surface area contributed by atoms with Crippen molar-refractivity contribution in [2.24, 2.45) is 23.2 Å². The number of carbonyl (C=O) groups excluding carboxylic acids is 1. The third kappa shape index (κ3) is 2.87. The highest BCUT2D eigenvalue weighted by molar-refractivity contribution is 5.88. The zero-order valence-corrected chi connectivity index (χ0v) is 15.2. The van der Waals surface area contributed by atoms with Gasteiger partial charge in [-0.25, -0.2) is 0 Å². The number of fused-ring (bicyclic) bond motifs is 2. The highest BCUT2D eigenvalue weighted by atomic mass is 19.4. The van der Waals surface area contributed by atoms with Gasteiger partial charge in [-0.15, -0.1) is 0 Å². The van der Waals surface area contributed by atoms with Crippen LogP contribution in [0.4, 0.5) is 13.2 Å². The maximum Gasteiger partial charge on any atom is 0.417 e. The summed E-state index contributed by atoms with van der Waals surface area (Å²) in [7, 11) is 0. The summed E-state index contributed by atoms with van der Waals surface area (Å²) < 4.78 is 39.0. The third-order valence-corrected chi connectivity index (χ3v) is 7.25. The van der Waals surface area contributed by atoms with Gasteiger partial charge in [-0.05, 0) is 68.4 Å². The molecule has 4 atom stereocenters. The van der Waals surface area contributed by atoms with Crippen molar-refractivity contribution in [3.8, 4) is 0 Å². The van der Waals surface area contributed by atoms with E-state index in [0.29, 0.717) is 36.0 Å². The largest absolute Gasteiger partial charge is 0.417 e. The molecule has 0 saturated heterocycles. The molecular formula is C21H26F3NO. The number of aromatic nitrogens is 1. The van der Waals surface area contributed by atoms with Crippen LogP contribution >= 0.6 is 0 Å². The number of carbonyl (C=O) groups is 1. The summed E-state index contributed by atoms with van der Waals surface area (Å²) in [6.45, 7) is 2.20. The van der Waals surface area contributed by atoms with E-state index in [1.165, 1.54) is 6.07 Å². The fourth-order valence-electron chi connectivity index (χ4n) is 5.90. The SMILES string of the molecule is CC[C@@H]1C[C@H]2CCC[C@@]2(C(=O)C2CCc3ncc(C(F)(F)F)cc3C2)C1. The van der Waals surface area contributed by atoms with Crippen LogP contribution in [-0.2, 0) is 23.8 Å². The van der Waals surface area contributed by atoms with Crippen LogP contribution < -0.4 is 0 Å².